The average Bonchev–Trinajstić information content (AvgIpc) is 3.09. The van der Waals surface area contributed by atoms with E-state index in [4.69, 9.17) is 14.2 Å². The lowest BCUT2D eigenvalue weighted by atomic mass is 10.0. The summed E-state index contributed by atoms with van der Waals surface area (Å²) in [5.74, 6) is 0.766. The van der Waals surface area contributed by atoms with Crippen LogP contribution in [0, 0.1) is 11.8 Å². The first kappa shape index (κ1) is 49.4. The van der Waals surface area contributed by atoms with Gasteiger partial charge in [0.2, 0.25) is 0 Å². The van der Waals surface area contributed by atoms with Gasteiger partial charge >= 0.3 is 17.9 Å². The van der Waals surface area contributed by atoms with Gasteiger partial charge in [-0.1, -0.05) is 202 Å². The molecule has 0 rings (SSSR count). The molecule has 0 amide bonds. The molecule has 0 aromatic carbocycles. The fourth-order valence-electron chi connectivity index (χ4n) is 6.58. The predicted octanol–water partition coefficient (Wildman–Crippen LogP) is 13.8. The first-order valence-corrected chi connectivity index (χ1v) is 22.2. The highest BCUT2D eigenvalue weighted by molar-refractivity contribution is 5.71. The van der Waals surface area contributed by atoms with Gasteiger partial charge in [0, 0.05) is 19.3 Å². The van der Waals surface area contributed by atoms with Crippen molar-refractivity contribution in [2.24, 2.45) is 11.8 Å². The Morgan fingerprint density at radius 3 is 0.961 bits per heavy atom. The van der Waals surface area contributed by atoms with Gasteiger partial charge in [0.15, 0.2) is 6.10 Å². The molecule has 6 heteroatoms. The van der Waals surface area contributed by atoms with Crippen LogP contribution in [0.4, 0.5) is 0 Å². The third kappa shape index (κ3) is 39.5. The summed E-state index contributed by atoms with van der Waals surface area (Å²) in [6.07, 6.45) is 35.5. The van der Waals surface area contributed by atoms with Crippen molar-refractivity contribution in [1.29, 1.82) is 0 Å². The van der Waals surface area contributed by atoms with Gasteiger partial charge in [0.05, 0.1) is 0 Å². The van der Waals surface area contributed by atoms with E-state index in [0.29, 0.717) is 19.3 Å². The maximum absolute atomic E-state index is 12.7. The molecule has 0 fully saturated rings. The van der Waals surface area contributed by atoms with E-state index in [1.165, 1.54) is 122 Å². The van der Waals surface area contributed by atoms with Crippen LogP contribution in [0.15, 0.2) is 0 Å². The molecule has 0 saturated carbocycles. The van der Waals surface area contributed by atoms with E-state index in [1.54, 1.807) is 0 Å². The SMILES string of the molecule is CCCCCCCC(=O)OC[C@@H](COC(=O)CCCCCCCCCCC(C)C)OC(=O)CCCCCCCCCCCCCCCCC(C)C. The second-order valence-electron chi connectivity index (χ2n) is 16.3. The zero-order valence-corrected chi connectivity index (χ0v) is 34.7. The molecule has 6 nitrogen and oxygen atoms in total. The summed E-state index contributed by atoms with van der Waals surface area (Å²) in [6, 6.07) is 0. The molecule has 0 aromatic heterocycles. The number of ether oxygens (including phenoxy) is 3. The molecule has 0 bridgehead atoms. The molecular formula is C45H86O6. The molecule has 0 aliphatic rings. The van der Waals surface area contributed by atoms with E-state index in [9.17, 15) is 14.4 Å². The minimum atomic E-state index is -0.758. The first-order valence-electron chi connectivity index (χ1n) is 22.2. The van der Waals surface area contributed by atoms with Crippen molar-refractivity contribution in [3.63, 3.8) is 0 Å². The smallest absolute Gasteiger partial charge is 0.306 e. The molecular weight excluding hydrogens is 636 g/mol. The summed E-state index contributed by atoms with van der Waals surface area (Å²) in [5.41, 5.74) is 0. The fraction of sp³-hybridized carbons (Fsp3) is 0.933. The van der Waals surface area contributed by atoms with Gasteiger partial charge in [-0.05, 0) is 31.1 Å². The third-order valence-electron chi connectivity index (χ3n) is 9.97. The van der Waals surface area contributed by atoms with Crippen molar-refractivity contribution >= 4 is 17.9 Å². The molecule has 51 heavy (non-hydrogen) atoms. The summed E-state index contributed by atoms with van der Waals surface area (Å²) in [6.45, 7) is 11.2. The van der Waals surface area contributed by atoms with Crippen LogP contribution in [-0.4, -0.2) is 37.2 Å². The molecule has 0 radical (unpaired) electrons. The Morgan fingerprint density at radius 2 is 0.647 bits per heavy atom. The van der Waals surface area contributed by atoms with Crippen LogP contribution in [0.5, 0.6) is 0 Å². The maximum atomic E-state index is 12.7. The molecule has 0 heterocycles. The second kappa shape index (κ2) is 38.1. The van der Waals surface area contributed by atoms with Crippen LogP contribution < -0.4 is 0 Å². The lowest BCUT2D eigenvalue weighted by Gasteiger charge is -2.18. The minimum absolute atomic E-state index is 0.0664. The Balaban J connectivity index is 4.17. The van der Waals surface area contributed by atoms with Gasteiger partial charge in [-0.3, -0.25) is 14.4 Å². The van der Waals surface area contributed by atoms with Crippen molar-refractivity contribution in [1.82, 2.24) is 0 Å². The lowest BCUT2D eigenvalue weighted by molar-refractivity contribution is -0.167. The summed E-state index contributed by atoms with van der Waals surface area (Å²) in [7, 11) is 0. The van der Waals surface area contributed by atoms with Gasteiger partial charge in [0.25, 0.3) is 0 Å². The Hall–Kier alpha value is -1.59. The monoisotopic (exact) mass is 723 g/mol. The third-order valence-corrected chi connectivity index (χ3v) is 9.97. The highest BCUT2D eigenvalue weighted by Gasteiger charge is 2.19. The number of hydrogen-bond acceptors (Lipinski definition) is 6. The van der Waals surface area contributed by atoms with Gasteiger partial charge < -0.3 is 14.2 Å². The summed E-state index contributed by atoms with van der Waals surface area (Å²) < 4.78 is 16.6. The van der Waals surface area contributed by atoms with E-state index in [1.807, 2.05) is 0 Å². The fourth-order valence-corrected chi connectivity index (χ4v) is 6.58. The molecule has 0 N–H and O–H groups in total. The number of carbonyl (C=O) groups is 3. The van der Waals surface area contributed by atoms with Crippen LogP contribution in [0.1, 0.15) is 240 Å². The van der Waals surface area contributed by atoms with E-state index in [2.05, 4.69) is 34.6 Å². The van der Waals surface area contributed by atoms with Crippen molar-refractivity contribution in [2.75, 3.05) is 13.2 Å². The quantitative estimate of drug-likeness (QED) is 0.0357. The Bertz CT molecular complexity index is 779. The van der Waals surface area contributed by atoms with Gasteiger partial charge in [0.1, 0.15) is 13.2 Å². The van der Waals surface area contributed by atoms with E-state index in [-0.39, 0.29) is 31.1 Å². The van der Waals surface area contributed by atoms with Crippen molar-refractivity contribution < 1.29 is 28.6 Å². The zero-order valence-electron chi connectivity index (χ0n) is 34.7. The van der Waals surface area contributed by atoms with E-state index < -0.39 is 6.10 Å². The number of rotatable bonds is 39. The normalized spacial score (nSPS) is 12.1. The number of esters is 3. The molecule has 0 aliphatic heterocycles. The predicted molar refractivity (Wildman–Crippen MR) is 215 cm³/mol. The highest BCUT2D eigenvalue weighted by atomic mass is 16.6. The average molecular weight is 723 g/mol. The van der Waals surface area contributed by atoms with Crippen LogP contribution in [0.2, 0.25) is 0 Å². The van der Waals surface area contributed by atoms with Crippen molar-refractivity contribution in [3.05, 3.63) is 0 Å². The largest absolute Gasteiger partial charge is 0.462 e. The molecule has 0 unspecified atom stereocenters. The number of unbranched alkanes of at least 4 members (excludes halogenated alkanes) is 24. The Kier molecular flexibility index (Phi) is 37.0. The van der Waals surface area contributed by atoms with Crippen molar-refractivity contribution in [3.8, 4) is 0 Å². The minimum Gasteiger partial charge on any atom is -0.462 e. The van der Waals surface area contributed by atoms with Crippen LogP contribution in [-0.2, 0) is 28.6 Å². The van der Waals surface area contributed by atoms with Gasteiger partial charge in [-0.25, -0.2) is 0 Å². The number of carbonyl (C=O) groups excluding carboxylic acids is 3. The topological polar surface area (TPSA) is 78.9 Å². The number of hydrogen-bond donors (Lipinski definition) is 0. The van der Waals surface area contributed by atoms with Crippen LogP contribution >= 0.6 is 0 Å². The molecule has 302 valence electrons. The summed E-state index contributed by atoms with van der Waals surface area (Å²) >= 11 is 0. The van der Waals surface area contributed by atoms with Gasteiger partial charge in [-0.2, -0.15) is 0 Å². The van der Waals surface area contributed by atoms with Crippen molar-refractivity contribution in [2.45, 2.75) is 246 Å². The second-order valence-corrected chi connectivity index (χ2v) is 16.3. The molecule has 1 atom stereocenters. The van der Waals surface area contributed by atoms with E-state index >= 15 is 0 Å². The standard InChI is InChI=1S/C45H86O6/c1-6-7-8-23-30-35-43(46)49-38-42(39-50-44(47)36-31-26-21-18-17-20-25-29-34-41(4)5)51-45(48)37-32-27-22-16-14-12-10-9-11-13-15-19-24-28-33-40(2)3/h40-42H,6-39H2,1-5H3/t42-/m0/s1. The van der Waals surface area contributed by atoms with Crippen LogP contribution in [0.3, 0.4) is 0 Å². The van der Waals surface area contributed by atoms with Gasteiger partial charge in [-0.15, -0.1) is 0 Å². The first-order chi connectivity index (χ1) is 24.7. The van der Waals surface area contributed by atoms with Crippen LogP contribution in [0.25, 0.3) is 0 Å². The maximum Gasteiger partial charge on any atom is 0.306 e. The highest BCUT2D eigenvalue weighted by Crippen LogP contribution is 2.16. The Labute approximate surface area is 317 Å². The molecule has 0 spiro atoms. The Morgan fingerprint density at radius 1 is 0.373 bits per heavy atom. The molecule has 0 saturated heterocycles. The zero-order chi connectivity index (χ0) is 37.6. The molecule has 0 aromatic rings. The van der Waals surface area contributed by atoms with E-state index in [0.717, 1.165) is 76.0 Å². The summed E-state index contributed by atoms with van der Waals surface area (Å²) in [5, 5.41) is 0. The molecule has 0 aliphatic carbocycles. The lowest BCUT2D eigenvalue weighted by Crippen LogP contribution is -2.30. The summed E-state index contributed by atoms with van der Waals surface area (Å²) in [4.78, 5) is 37.4.